The molecule has 0 aliphatic carbocycles. The van der Waals surface area contributed by atoms with Crippen molar-refractivity contribution in [3.63, 3.8) is 0 Å². The van der Waals surface area contributed by atoms with E-state index < -0.39 is 0 Å². The van der Waals surface area contributed by atoms with E-state index >= 15 is 0 Å². The summed E-state index contributed by atoms with van der Waals surface area (Å²) in [5.41, 5.74) is 15.4. The lowest BCUT2D eigenvalue weighted by molar-refractivity contribution is 0.0940. The Morgan fingerprint density at radius 3 is 2.76 bits per heavy atom. The Balaban J connectivity index is 1.24. The van der Waals surface area contributed by atoms with E-state index in [9.17, 15) is 9.18 Å². The number of nitrogens with zero attached hydrogens (tertiary/aromatic N) is 3. The van der Waals surface area contributed by atoms with Crippen molar-refractivity contribution in [2.45, 2.75) is 24.6 Å². The first kappa shape index (κ1) is 24.5. The van der Waals surface area contributed by atoms with Crippen molar-refractivity contribution < 1.29 is 9.18 Å². The normalized spacial score (nSPS) is 15.8. The summed E-state index contributed by atoms with van der Waals surface area (Å²) in [6.07, 6.45) is 6.05. The summed E-state index contributed by atoms with van der Waals surface area (Å²) in [6.45, 7) is 2.45. The molecule has 1 unspecified atom stereocenters. The van der Waals surface area contributed by atoms with Crippen molar-refractivity contribution in [2.24, 2.45) is 0 Å². The second kappa shape index (κ2) is 10.4. The van der Waals surface area contributed by atoms with Gasteiger partial charge in [-0.15, -0.1) is 11.8 Å². The van der Waals surface area contributed by atoms with Crippen LogP contribution in [-0.2, 0) is 0 Å². The number of rotatable bonds is 7. The number of nitrogens with two attached hydrogens (primary N) is 2. The van der Waals surface area contributed by atoms with E-state index in [1.807, 2.05) is 25.1 Å². The predicted molar refractivity (Wildman–Crippen MR) is 147 cm³/mol. The van der Waals surface area contributed by atoms with Gasteiger partial charge in [0.25, 0.3) is 5.91 Å². The monoisotopic (exact) mass is 515 g/mol. The zero-order valence-corrected chi connectivity index (χ0v) is 20.9. The van der Waals surface area contributed by atoms with Gasteiger partial charge in [-0.25, -0.2) is 19.3 Å². The van der Waals surface area contributed by atoms with Gasteiger partial charge in [0.1, 0.15) is 23.8 Å². The maximum Gasteiger partial charge on any atom is 0.255 e. The van der Waals surface area contributed by atoms with E-state index in [-0.39, 0.29) is 23.0 Å². The SMILES string of the molecule is C[C@H](NC(=O)c1cc(N)cnc1NCC1CC=C(c2ccc3ncnc(N)c3c2)S1)c1ccc(F)cc1. The molecule has 0 radical (unpaired) electrons. The number of anilines is 3. The summed E-state index contributed by atoms with van der Waals surface area (Å²) in [7, 11) is 0. The number of hydrogen-bond donors (Lipinski definition) is 4. The lowest BCUT2D eigenvalue weighted by Crippen LogP contribution is -2.28. The quantitative estimate of drug-likeness (QED) is 0.277. The lowest BCUT2D eigenvalue weighted by atomic mass is 10.1. The van der Waals surface area contributed by atoms with E-state index in [2.05, 4.69) is 31.7 Å². The Bertz CT molecular complexity index is 1490. The number of aromatic nitrogens is 3. The summed E-state index contributed by atoms with van der Waals surface area (Å²) >= 11 is 1.76. The molecule has 1 aliphatic heterocycles. The fraction of sp³-hybridized carbons (Fsp3) is 0.185. The first-order valence-corrected chi connectivity index (χ1v) is 12.7. The van der Waals surface area contributed by atoms with Crippen molar-refractivity contribution in [1.29, 1.82) is 0 Å². The minimum atomic E-state index is -0.324. The molecule has 10 heteroatoms. The number of carbonyl (C=O) groups is 1. The molecule has 3 heterocycles. The number of allylic oxidation sites excluding steroid dienone is 1. The lowest BCUT2D eigenvalue weighted by Gasteiger charge is -2.18. The number of hydrogen-bond acceptors (Lipinski definition) is 8. The topological polar surface area (TPSA) is 132 Å². The van der Waals surface area contributed by atoms with Crippen LogP contribution in [-0.4, -0.2) is 32.7 Å². The molecule has 5 rings (SSSR count). The van der Waals surface area contributed by atoms with Gasteiger partial charge in [-0.3, -0.25) is 4.79 Å². The predicted octanol–water partition coefficient (Wildman–Crippen LogP) is 4.78. The van der Waals surface area contributed by atoms with Crippen LogP contribution < -0.4 is 22.1 Å². The van der Waals surface area contributed by atoms with Gasteiger partial charge in [0.2, 0.25) is 0 Å². The highest BCUT2D eigenvalue weighted by Crippen LogP contribution is 2.40. The van der Waals surface area contributed by atoms with Gasteiger partial charge in [-0.2, -0.15) is 0 Å². The number of thioether (sulfide) groups is 1. The van der Waals surface area contributed by atoms with Crippen LogP contribution in [0.1, 0.15) is 40.9 Å². The molecule has 0 saturated carbocycles. The molecule has 6 N–H and O–H groups in total. The molecule has 188 valence electrons. The Hall–Kier alpha value is -4.18. The number of carbonyl (C=O) groups excluding carboxylic acids is 1. The van der Waals surface area contributed by atoms with Gasteiger partial charge in [-0.05, 0) is 54.8 Å². The van der Waals surface area contributed by atoms with Gasteiger partial charge in [0.05, 0.1) is 29.0 Å². The third-order valence-corrected chi connectivity index (χ3v) is 7.53. The smallest absolute Gasteiger partial charge is 0.255 e. The molecule has 8 nitrogen and oxygen atoms in total. The Morgan fingerprint density at radius 2 is 1.95 bits per heavy atom. The first-order valence-electron chi connectivity index (χ1n) is 11.8. The number of nitrogen functional groups attached to an aromatic ring is 2. The second-order valence-corrected chi connectivity index (χ2v) is 10.2. The van der Waals surface area contributed by atoms with E-state index in [1.165, 1.54) is 24.7 Å². The minimum absolute atomic E-state index is 0.253. The highest BCUT2D eigenvalue weighted by molar-refractivity contribution is 8.09. The summed E-state index contributed by atoms with van der Waals surface area (Å²) in [5, 5.41) is 7.35. The molecule has 2 atom stereocenters. The van der Waals surface area contributed by atoms with Crippen LogP contribution in [0.4, 0.5) is 21.7 Å². The Labute approximate surface area is 217 Å². The second-order valence-electron chi connectivity index (χ2n) is 8.83. The van der Waals surface area contributed by atoms with Crippen LogP contribution in [0.5, 0.6) is 0 Å². The third-order valence-electron chi connectivity index (χ3n) is 6.18. The number of halogens is 1. The van der Waals surface area contributed by atoms with Crippen LogP contribution in [0.25, 0.3) is 15.8 Å². The molecule has 4 aromatic rings. The molecule has 0 saturated heterocycles. The van der Waals surface area contributed by atoms with E-state index in [0.717, 1.165) is 33.4 Å². The molecule has 0 bridgehead atoms. The van der Waals surface area contributed by atoms with Gasteiger partial charge in [-0.1, -0.05) is 24.3 Å². The molecule has 0 spiro atoms. The molecular weight excluding hydrogens is 489 g/mol. The van der Waals surface area contributed by atoms with Gasteiger partial charge >= 0.3 is 0 Å². The molecule has 0 fully saturated rings. The highest BCUT2D eigenvalue weighted by Gasteiger charge is 2.22. The summed E-state index contributed by atoms with van der Waals surface area (Å²) in [5.74, 6) is 0.285. The van der Waals surface area contributed by atoms with Crippen molar-refractivity contribution >= 4 is 50.8 Å². The first-order chi connectivity index (χ1) is 17.9. The molecule has 1 aliphatic rings. The zero-order chi connectivity index (χ0) is 25.9. The van der Waals surface area contributed by atoms with Crippen molar-refractivity contribution in [2.75, 3.05) is 23.3 Å². The third kappa shape index (κ3) is 5.49. The van der Waals surface area contributed by atoms with Crippen molar-refractivity contribution in [3.05, 3.63) is 89.6 Å². The fourth-order valence-corrected chi connectivity index (χ4v) is 5.34. The number of nitrogens with one attached hydrogen (secondary N) is 2. The molecule has 2 aromatic heterocycles. The number of pyridine rings is 1. The highest BCUT2D eigenvalue weighted by atomic mass is 32.2. The zero-order valence-electron chi connectivity index (χ0n) is 20.1. The summed E-state index contributed by atoms with van der Waals surface area (Å²) in [4.78, 5) is 27.0. The van der Waals surface area contributed by atoms with Crippen molar-refractivity contribution in [3.8, 4) is 0 Å². The molecule has 2 aromatic carbocycles. The summed E-state index contributed by atoms with van der Waals surface area (Å²) in [6, 6.07) is 13.3. The van der Waals surface area contributed by atoms with Crippen molar-refractivity contribution in [1.82, 2.24) is 20.3 Å². The number of fused-ring (bicyclic) bond motifs is 1. The standard InChI is InChI=1S/C27H26FN7OS/c1-15(16-2-5-18(28)6-3-16)35-27(36)22-11-19(29)12-31-26(22)32-13-20-7-9-24(37-20)17-4-8-23-21(10-17)25(30)34-14-33-23/h2-6,8-12,14-15,20H,7,13,29H2,1H3,(H,31,32)(H,35,36)(H2,30,33,34)/t15-,20?/m0/s1. The van der Waals surface area contributed by atoms with Gasteiger partial charge in [0, 0.05) is 22.1 Å². The van der Waals surface area contributed by atoms with Gasteiger partial charge < -0.3 is 22.1 Å². The number of amides is 1. The molecule has 1 amide bonds. The average molecular weight is 516 g/mol. The van der Waals surface area contributed by atoms with E-state index in [4.69, 9.17) is 11.5 Å². The van der Waals surface area contributed by atoms with Crippen LogP contribution in [0.15, 0.2) is 67.1 Å². The minimum Gasteiger partial charge on any atom is -0.397 e. The summed E-state index contributed by atoms with van der Waals surface area (Å²) < 4.78 is 13.3. The van der Waals surface area contributed by atoms with Crippen LogP contribution in [0.3, 0.4) is 0 Å². The van der Waals surface area contributed by atoms with Crippen LogP contribution in [0, 0.1) is 5.82 Å². The van der Waals surface area contributed by atoms with E-state index in [1.54, 1.807) is 30.0 Å². The van der Waals surface area contributed by atoms with Gasteiger partial charge in [0.15, 0.2) is 0 Å². The van der Waals surface area contributed by atoms with Crippen LogP contribution >= 0.6 is 11.8 Å². The average Bonchev–Trinajstić information content (AvgIpc) is 3.37. The number of benzene rings is 2. The maximum atomic E-state index is 13.3. The molecule has 37 heavy (non-hydrogen) atoms. The Kier molecular flexibility index (Phi) is 6.91. The Morgan fingerprint density at radius 1 is 1.14 bits per heavy atom. The fourth-order valence-electron chi connectivity index (χ4n) is 4.17. The van der Waals surface area contributed by atoms with Crippen LogP contribution in [0.2, 0.25) is 0 Å². The maximum absolute atomic E-state index is 13.3. The largest absolute Gasteiger partial charge is 0.397 e. The van der Waals surface area contributed by atoms with E-state index in [0.29, 0.717) is 29.4 Å². The molecular formula is C27H26FN7OS.